The first-order valence-electron chi connectivity index (χ1n) is 4.33. The summed E-state index contributed by atoms with van der Waals surface area (Å²) in [5.41, 5.74) is 1.17. The fourth-order valence-electron chi connectivity index (χ4n) is 0.926. The van der Waals surface area contributed by atoms with Gasteiger partial charge in [0.05, 0.1) is 0 Å². The van der Waals surface area contributed by atoms with Crippen molar-refractivity contribution in [2.75, 3.05) is 7.05 Å². The summed E-state index contributed by atoms with van der Waals surface area (Å²) in [4.78, 5) is 0. The summed E-state index contributed by atoms with van der Waals surface area (Å²) in [7, 11) is 1.94. The summed E-state index contributed by atoms with van der Waals surface area (Å²) in [5, 5.41) is 3.91. The van der Waals surface area contributed by atoms with Crippen molar-refractivity contribution in [3.63, 3.8) is 0 Å². The van der Waals surface area contributed by atoms with Crippen molar-refractivity contribution < 1.29 is 0 Å². The molecule has 70 valence electrons. The molecular weight excluding hydrogens is 182 g/mol. The van der Waals surface area contributed by atoms with E-state index >= 15 is 0 Å². The third kappa shape index (κ3) is 3.62. The van der Waals surface area contributed by atoms with Gasteiger partial charge < -0.3 is 5.32 Å². The largest absolute Gasteiger partial charge is 0.314 e. The van der Waals surface area contributed by atoms with Gasteiger partial charge in [-0.2, -0.15) is 0 Å². The Balaban J connectivity index is 2.64. The van der Waals surface area contributed by atoms with Gasteiger partial charge in [0.2, 0.25) is 0 Å². The maximum Gasteiger partial charge on any atom is 0.0406 e. The summed E-state index contributed by atoms with van der Waals surface area (Å²) >= 11 is 5.77. The number of hydrogen-bond donors (Lipinski definition) is 1. The molecule has 0 saturated heterocycles. The van der Waals surface area contributed by atoms with Gasteiger partial charge in [-0.15, -0.1) is 0 Å². The second kappa shape index (κ2) is 5.05. The second-order valence-corrected chi connectivity index (χ2v) is 3.42. The fraction of sp³-hybridized carbons (Fsp3) is 0.273. The third-order valence-electron chi connectivity index (χ3n) is 1.90. The van der Waals surface area contributed by atoms with Gasteiger partial charge in [0.1, 0.15) is 0 Å². The lowest BCUT2D eigenvalue weighted by Gasteiger charge is -2.01. The maximum atomic E-state index is 5.77. The van der Waals surface area contributed by atoms with Gasteiger partial charge in [-0.3, -0.25) is 0 Å². The number of rotatable bonds is 3. The van der Waals surface area contributed by atoms with E-state index in [0.29, 0.717) is 6.04 Å². The van der Waals surface area contributed by atoms with Gasteiger partial charge in [0.25, 0.3) is 0 Å². The van der Waals surface area contributed by atoms with E-state index in [0.717, 1.165) is 5.02 Å². The zero-order chi connectivity index (χ0) is 9.68. The topological polar surface area (TPSA) is 12.0 Å². The predicted octanol–water partition coefficient (Wildman–Crippen LogP) is 2.96. The molecule has 0 saturated carbocycles. The average molecular weight is 196 g/mol. The van der Waals surface area contributed by atoms with Crippen LogP contribution in [0.1, 0.15) is 12.5 Å². The highest BCUT2D eigenvalue weighted by Gasteiger charge is 1.90. The van der Waals surface area contributed by atoms with Crippen LogP contribution in [0.15, 0.2) is 30.3 Å². The number of likely N-dealkylation sites (N-methyl/N-ethyl adjacent to an activating group) is 1. The van der Waals surface area contributed by atoms with E-state index in [1.54, 1.807) is 0 Å². The van der Waals surface area contributed by atoms with Crippen LogP contribution < -0.4 is 5.32 Å². The molecule has 1 atom stereocenters. The molecule has 1 N–H and O–H groups in total. The van der Waals surface area contributed by atoms with Crippen molar-refractivity contribution in [3.05, 3.63) is 40.9 Å². The summed E-state index contributed by atoms with van der Waals surface area (Å²) in [5.74, 6) is 0. The number of benzene rings is 1. The minimum atomic E-state index is 0.399. The van der Waals surface area contributed by atoms with Gasteiger partial charge in [-0.05, 0) is 31.7 Å². The molecule has 0 aromatic heterocycles. The number of hydrogen-bond acceptors (Lipinski definition) is 1. The van der Waals surface area contributed by atoms with Crippen molar-refractivity contribution in [1.82, 2.24) is 5.32 Å². The molecule has 2 heteroatoms. The molecule has 0 heterocycles. The summed E-state index contributed by atoms with van der Waals surface area (Å²) in [6.07, 6.45) is 4.20. The van der Waals surface area contributed by atoms with Crippen LogP contribution in [0.4, 0.5) is 0 Å². The lowest BCUT2D eigenvalue weighted by molar-refractivity contribution is 0.731. The quantitative estimate of drug-likeness (QED) is 0.782. The van der Waals surface area contributed by atoms with E-state index in [1.165, 1.54) is 5.56 Å². The van der Waals surface area contributed by atoms with Gasteiger partial charge in [-0.1, -0.05) is 35.9 Å². The minimum absolute atomic E-state index is 0.399. The second-order valence-electron chi connectivity index (χ2n) is 2.99. The number of nitrogens with one attached hydrogen (secondary N) is 1. The lowest BCUT2D eigenvalue weighted by Crippen LogP contribution is -2.17. The molecule has 0 fully saturated rings. The van der Waals surface area contributed by atoms with Crippen molar-refractivity contribution in [2.45, 2.75) is 13.0 Å². The molecule has 0 aliphatic rings. The molecule has 1 aromatic carbocycles. The van der Waals surface area contributed by atoms with Crippen LogP contribution in [0.3, 0.4) is 0 Å². The van der Waals surface area contributed by atoms with Crippen molar-refractivity contribution >= 4 is 17.7 Å². The van der Waals surface area contributed by atoms with Gasteiger partial charge in [-0.25, -0.2) is 0 Å². The third-order valence-corrected chi connectivity index (χ3v) is 2.15. The summed E-state index contributed by atoms with van der Waals surface area (Å²) < 4.78 is 0. The molecule has 1 nitrogen and oxygen atoms in total. The molecule has 1 rings (SSSR count). The van der Waals surface area contributed by atoms with E-state index in [4.69, 9.17) is 11.6 Å². The molecule has 13 heavy (non-hydrogen) atoms. The highest BCUT2D eigenvalue weighted by molar-refractivity contribution is 6.30. The van der Waals surface area contributed by atoms with Gasteiger partial charge >= 0.3 is 0 Å². The highest BCUT2D eigenvalue weighted by Crippen LogP contribution is 2.10. The Morgan fingerprint density at radius 3 is 2.46 bits per heavy atom. The van der Waals surface area contributed by atoms with Crippen molar-refractivity contribution in [3.8, 4) is 0 Å². The normalized spacial score (nSPS) is 13.5. The molecule has 1 unspecified atom stereocenters. The van der Waals surface area contributed by atoms with Crippen LogP contribution in [0.5, 0.6) is 0 Å². The zero-order valence-corrected chi connectivity index (χ0v) is 8.68. The monoisotopic (exact) mass is 195 g/mol. The molecule has 0 amide bonds. The Kier molecular flexibility index (Phi) is 4.00. The maximum absolute atomic E-state index is 5.77. The predicted molar refractivity (Wildman–Crippen MR) is 59.0 cm³/mol. The van der Waals surface area contributed by atoms with Crippen molar-refractivity contribution in [1.29, 1.82) is 0 Å². The Morgan fingerprint density at radius 2 is 1.92 bits per heavy atom. The Labute approximate surface area is 84.4 Å². The first-order chi connectivity index (χ1) is 6.22. The Hall–Kier alpha value is -0.790. The molecule has 0 spiro atoms. The number of halogens is 1. The Morgan fingerprint density at radius 1 is 1.31 bits per heavy atom. The average Bonchev–Trinajstić information content (AvgIpc) is 2.16. The zero-order valence-electron chi connectivity index (χ0n) is 7.92. The van der Waals surface area contributed by atoms with E-state index < -0.39 is 0 Å². The van der Waals surface area contributed by atoms with E-state index in [-0.39, 0.29) is 0 Å². The van der Waals surface area contributed by atoms with Gasteiger partial charge in [0.15, 0.2) is 0 Å². The molecule has 0 radical (unpaired) electrons. The molecular formula is C11H14ClN. The smallest absolute Gasteiger partial charge is 0.0406 e. The van der Waals surface area contributed by atoms with Crippen LogP contribution in [-0.2, 0) is 0 Å². The minimum Gasteiger partial charge on any atom is -0.314 e. The molecule has 1 aromatic rings. The molecule has 0 aliphatic carbocycles. The van der Waals surface area contributed by atoms with E-state index in [2.05, 4.69) is 24.4 Å². The van der Waals surface area contributed by atoms with E-state index in [1.807, 2.05) is 31.3 Å². The van der Waals surface area contributed by atoms with Crippen LogP contribution in [0.25, 0.3) is 6.08 Å². The summed E-state index contributed by atoms with van der Waals surface area (Å²) in [6.45, 7) is 2.10. The van der Waals surface area contributed by atoms with Crippen molar-refractivity contribution in [2.24, 2.45) is 0 Å². The van der Waals surface area contributed by atoms with Crippen LogP contribution in [0, 0.1) is 0 Å². The molecule has 0 aliphatic heterocycles. The van der Waals surface area contributed by atoms with Crippen LogP contribution in [-0.4, -0.2) is 13.1 Å². The van der Waals surface area contributed by atoms with Crippen LogP contribution in [0.2, 0.25) is 5.02 Å². The van der Waals surface area contributed by atoms with E-state index in [9.17, 15) is 0 Å². The summed E-state index contributed by atoms with van der Waals surface area (Å²) in [6, 6.07) is 8.19. The molecule has 0 bridgehead atoms. The standard InChI is InChI=1S/C11H14ClN/c1-9(13-2)3-4-10-5-7-11(12)8-6-10/h3-9,13H,1-2H3. The Bertz CT molecular complexity index is 277. The lowest BCUT2D eigenvalue weighted by atomic mass is 10.2. The van der Waals surface area contributed by atoms with Gasteiger partial charge in [0, 0.05) is 11.1 Å². The highest BCUT2D eigenvalue weighted by atomic mass is 35.5. The first-order valence-corrected chi connectivity index (χ1v) is 4.71. The SMILES string of the molecule is CNC(C)C=Cc1ccc(Cl)cc1. The van der Waals surface area contributed by atoms with Crippen LogP contribution >= 0.6 is 11.6 Å². The fourth-order valence-corrected chi connectivity index (χ4v) is 1.05. The first kappa shape index (κ1) is 10.3.